The molecular weight excluding hydrogens is 370 g/mol. The standard InChI is InChI=1S/C22H25N3O4/c1-22(2,3)29-21(28)23-15-20(27)25-18-12-8-7-11-17(18)24-19(26)14-13-16-9-5-4-6-10-16/h4-14H,15H2,1-3H3,(H,23,28)(H,24,26)(H,25,27)/b14-13+. The second-order valence-electron chi connectivity index (χ2n) is 7.18. The van der Waals surface area contributed by atoms with Gasteiger partial charge in [0.1, 0.15) is 12.1 Å². The molecule has 0 saturated heterocycles. The first-order valence-corrected chi connectivity index (χ1v) is 9.13. The van der Waals surface area contributed by atoms with Crippen LogP contribution in [-0.4, -0.2) is 30.1 Å². The van der Waals surface area contributed by atoms with Gasteiger partial charge in [0.25, 0.3) is 0 Å². The number of para-hydroxylation sites is 2. The number of carbonyl (C=O) groups is 3. The zero-order valence-corrected chi connectivity index (χ0v) is 16.7. The molecule has 0 aliphatic rings. The van der Waals surface area contributed by atoms with Gasteiger partial charge in [0.2, 0.25) is 11.8 Å². The van der Waals surface area contributed by atoms with Crippen LogP contribution in [0.4, 0.5) is 16.2 Å². The first-order chi connectivity index (χ1) is 13.7. The number of ether oxygens (including phenoxy) is 1. The van der Waals surface area contributed by atoms with Crippen molar-refractivity contribution in [3.8, 4) is 0 Å². The molecule has 29 heavy (non-hydrogen) atoms. The second-order valence-corrected chi connectivity index (χ2v) is 7.18. The summed E-state index contributed by atoms with van der Waals surface area (Å²) in [5.74, 6) is -0.778. The highest BCUT2D eigenvalue weighted by molar-refractivity contribution is 6.05. The van der Waals surface area contributed by atoms with Gasteiger partial charge in [-0.2, -0.15) is 0 Å². The normalized spacial score (nSPS) is 11.0. The van der Waals surface area contributed by atoms with Crippen LogP contribution in [0.3, 0.4) is 0 Å². The predicted octanol–water partition coefficient (Wildman–Crippen LogP) is 3.80. The lowest BCUT2D eigenvalue weighted by Gasteiger charge is -2.19. The Morgan fingerprint density at radius 3 is 2.10 bits per heavy atom. The Labute approximate surface area is 170 Å². The van der Waals surface area contributed by atoms with Crippen LogP contribution in [0.1, 0.15) is 26.3 Å². The lowest BCUT2D eigenvalue weighted by Crippen LogP contribution is -2.37. The fraction of sp³-hybridized carbons (Fsp3) is 0.227. The number of hydrogen-bond donors (Lipinski definition) is 3. The molecule has 7 heteroatoms. The fourth-order valence-corrected chi connectivity index (χ4v) is 2.27. The quantitative estimate of drug-likeness (QED) is 0.648. The van der Waals surface area contributed by atoms with Gasteiger partial charge in [0.15, 0.2) is 0 Å². The maximum atomic E-state index is 12.2. The van der Waals surface area contributed by atoms with Crippen molar-refractivity contribution < 1.29 is 19.1 Å². The van der Waals surface area contributed by atoms with Crippen molar-refractivity contribution in [2.24, 2.45) is 0 Å². The molecule has 3 amide bonds. The summed E-state index contributed by atoms with van der Waals surface area (Å²) >= 11 is 0. The molecule has 2 aromatic carbocycles. The molecule has 0 aromatic heterocycles. The molecule has 152 valence electrons. The molecule has 0 radical (unpaired) electrons. The molecule has 2 rings (SSSR count). The van der Waals surface area contributed by atoms with E-state index in [1.807, 2.05) is 30.3 Å². The molecule has 0 fully saturated rings. The Bertz CT molecular complexity index is 886. The highest BCUT2D eigenvalue weighted by Gasteiger charge is 2.17. The van der Waals surface area contributed by atoms with Gasteiger partial charge in [-0.3, -0.25) is 9.59 Å². The number of nitrogens with one attached hydrogen (secondary N) is 3. The van der Waals surface area contributed by atoms with Crippen LogP contribution < -0.4 is 16.0 Å². The molecular formula is C22H25N3O4. The van der Waals surface area contributed by atoms with Crippen molar-refractivity contribution in [3.05, 3.63) is 66.2 Å². The molecule has 0 aliphatic heterocycles. The number of alkyl carbamates (subject to hydrolysis) is 1. The van der Waals surface area contributed by atoms with Crippen LogP contribution >= 0.6 is 0 Å². The maximum Gasteiger partial charge on any atom is 0.408 e. The molecule has 0 heterocycles. The van der Waals surface area contributed by atoms with Crippen LogP contribution in [-0.2, 0) is 14.3 Å². The zero-order valence-electron chi connectivity index (χ0n) is 16.7. The van der Waals surface area contributed by atoms with Gasteiger partial charge in [-0.25, -0.2) is 4.79 Å². The van der Waals surface area contributed by atoms with E-state index in [2.05, 4.69) is 16.0 Å². The SMILES string of the molecule is CC(C)(C)OC(=O)NCC(=O)Nc1ccccc1NC(=O)/C=C/c1ccccc1. The monoisotopic (exact) mass is 395 g/mol. The van der Waals surface area contributed by atoms with E-state index in [1.165, 1.54) is 6.08 Å². The predicted molar refractivity (Wildman–Crippen MR) is 113 cm³/mol. The van der Waals surface area contributed by atoms with Crippen LogP contribution in [0, 0.1) is 0 Å². The number of amides is 3. The smallest absolute Gasteiger partial charge is 0.408 e. The van der Waals surface area contributed by atoms with Crippen molar-refractivity contribution in [3.63, 3.8) is 0 Å². The molecule has 0 spiro atoms. The highest BCUT2D eigenvalue weighted by atomic mass is 16.6. The number of hydrogen-bond acceptors (Lipinski definition) is 4. The van der Waals surface area contributed by atoms with E-state index in [0.717, 1.165) is 5.56 Å². The molecule has 0 saturated carbocycles. The summed E-state index contributed by atoms with van der Waals surface area (Å²) in [6.45, 7) is 4.94. The highest BCUT2D eigenvalue weighted by Crippen LogP contribution is 2.21. The van der Waals surface area contributed by atoms with Crippen LogP contribution in [0.5, 0.6) is 0 Å². The first kappa shape index (κ1) is 21.7. The topological polar surface area (TPSA) is 96.5 Å². The van der Waals surface area contributed by atoms with Crippen LogP contribution in [0.15, 0.2) is 60.7 Å². The van der Waals surface area contributed by atoms with E-state index < -0.39 is 17.6 Å². The minimum absolute atomic E-state index is 0.259. The van der Waals surface area contributed by atoms with E-state index in [4.69, 9.17) is 4.74 Å². The number of anilines is 2. The van der Waals surface area contributed by atoms with E-state index in [-0.39, 0.29) is 12.5 Å². The van der Waals surface area contributed by atoms with Gasteiger partial charge in [-0.05, 0) is 44.5 Å². The Morgan fingerprint density at radius 1 is 0.897 bits per heavy atom. The molecule has 2 aromatic rings. The molecule has 7 nitrogen and oxygen atoms in total. The van der Waals surface area contributed by atoms with Gasteiger partial charge in [-0.15, -0.1) is 0 Å². The zero-order chi connectivity index (χ0) is 21.3. The molecule has 0 aliphatic carbocycles. The maximum absolute atomic E-state index is 12.2. The molecule has 0 unspecified atom stereocenters. The Kier molecular flexibility index (Phi) is 7.54. The first-order valence-electron chi connectivity index (χ1n) is 9.13. The summed E-state index contributed by atoms with van der Waals surface area (Å²) in [4.78, 5) is 35.9. The van der Waals surface area contributed by atoms with Crippen molar-refractivity contribution in [2.75, 3.05) is 17.2 Å². The van der Waals surface area contributed by atoms with Crippen LogP contribution in [0.25, 0.3) is 6.08 Å². The van der Waals surface area contributed by atoms with Gasteiger partial charge < -0.3 is 20.7 Å². The van der Waals surface area contributed by atoms with Crippen molar-refractivity contribution in [2.45, 2.75) is 26.4 Å². The minimum atomic E-state index is -0.680. The van der Waals surface area contributed by atoms with Crippen molar-refractivity contribution in [1.82, 2.24) is 5.32 Å². The van der Waals surface area contributed by atoms with Gasteiger partial charge >= 0.3 is 6.09 Å². The third-order valence-electron chi connectivity index (χ3n) is 3.48. The Hall–Kier alpha value is -3.61. The number of carbonyl (C=O) groups excluding carboxylic acids is 3. The average molecular weight is 395 g/mol. The second kappa shape index (κ2) is 10.1. The minimum Gasteiger partial charge on any atom is -0.444 e. The molecule has 0 atom stereocenters. The molecule has 3 N–H and O–H groups in total. The summed E-state index contributed by atoms with van der Waals surface area (Å²) in [6, 6.07) is 16.2. The molecule has 0 bridgehead atoms. The van der Waals surface area contributed by atoms with Crippen molar-refractivity contribution >= 4 is 35.4 Å². The van der Waals surface area contributed by atoms with E-state index in [9.17, 15) is 14.4 Å². The van der Waals surface area contributed by atoms with E-state index in [1.54, 1.807) is 51.1 Å². The Morgan fingerprint density at radius 2 is 1.48 bits per heavy atom. The lowest BCUT2D eigenvalue weighted by atomic mass is 10.2. The summed E-state index contributed by atoms with van der Waals surface area (Å²) in [5.41, 5.74) is 1.12. The number of benzene rings is 2. The largest absolute Gasteiger partial charge is 0.444 e. The van der Waals surface area contributed by atoms with E-state index >= 15 is 0 Å². The third-order valence-corrected chi connectivity index (χ3v) is 3.48. The van der Waals surface area contributed by atoms with Gasteiger partial charge in [0.05, 0.1) is 11.4 Å². The van der Waals surface area contributed by atoms with Crippen LogP contribution in [0.2, 0.25) is 0 Å². The summed E-state index contributed by atoms with van der Waals surface area (Å²) in [6.07, 6.45) is 2.43. The van der Waals surface area contributed by atoms with Gasteiger partial charge in [-0.1, -0.05) is 42.5 Å². The summed E-state index contributed by atoms with van der Waals surface area (Å²) < 4.78 is 5.08. The number of rotatable bonds is 6. The third kappa shape index (κ3) is 8.30. The van der Waals surface area contributed by atoms with Gasteiger partial charge in [0, 0.05) is 6.08 Å². The summed E-state index contributed by atoms with van der Waals surface area (Å²) in [5, 5.41) is 7.78. The van der Waals surface area contributed by atoms with E-state index in [0.29, 0.717) is 11.4 Å². The fourth-order valence-electron chi connectivity index (χ4n) is 2.27. The lowest BCUT2D eigenvalue weighted by molar-refractivity contribution is -0.115. The Balaban J connectivity index is 1.92. The average Bonchev–Trinajstić information content (AvgIpc) is 2.66. The summed E-state index contributed by atoms with van der Waals surface area (Å²) in [7, 11) is 0. The van der Waals surface area contributed by atoms with Crippen molar-refractivity contribution in [1.29, 1.82) is 0 Å².